The fourth-order valence-electron chi connectivity index (χ4n) is 2.06. The number of aldehydes is 1. The molecule has 2 aromatic carbocycles. The SMILES string of the molecule is CC(C)OCOc1ccc2cc(C(C=O)C(F)Cl)ccc2c1. The lowest BCUT2D eigenvalue weighted by molar-refractivity contribution is -0.109. The Morgan fingerprint density at radius 1 is 1.18 bits per heavy atom. The average molecular weight is 325 g/mol. The third-order valence-electron chi connectivity index (χ3n) is 3.27. The highest BCUT2D eigenvalue weighted by molar-refractivity contribution is 6.21. The number of hydrogen-bond acceptors (Lipinski definition) is 3. The fraction of sp³-hybridized carbons (Fsp3) is 0.353. The Kier molecular flexibility index (Phi) is 5.75. The van der Waals surface area contributed by atoms with Gasteiger partial charge in [-0.05, 0) is 42.3 Å². The Morgan fingerprint density at radius 3 is 2.50 bits per heavy atom. The molecule has 0 N–H and O–H groups in total. The second-order valence-electron chi connectivity index (χ2n) is 5.24. The topological polar surface area (TPSA) is 35.5 Å². The Morgan fingerprint density at radius 2 is 1.86 bits per heavy atom. The maximum absolute atomic E-state index is 13.2. The molecule has 0 saturated carbocycles. The van der Waals surface area contributed by atoms with Gasteiger partial charge < -0.3 is 14.3 Å². The van der Waals surface area contributed by atoms with Crippen LogP contribution < -0.4 is 4.74 Å². The highest BCUT2D eigenvalue weighted by atomic mass is 35.5. The van der Waals surface area contributed by atoms with Crippen molar-refractivity contribution in [1.82, 2.24) is 0 Å². The monoisotopic (exact) mass is 324 g/mol. The molecule has 0 radical (unpaired) electrons. The van der Waals surface area contributed by atoms with E-state index in [1.807, 2.05) is 32.0 Å². The molecule has 0 aliphatic rings. The van der Waals surface area contributed by atoms with Crippen LogP contribution in [0, 0.1) is 0 Å². The van der Waals surface area contributed by atoms with Gasteiger partial charge >= 0.3 is 0 Å². The van der Waals surface area contributed by atoms with Gasteiger partial charge in [-0.2, -0.15) is 0 Å². The molecule has 0 heterocycles. The number of carbonyl (C=O) groups excluding carboxylic acids is 1. The maximum atomic E-state index is 13.2. The van der Waals surface area contributed by atoms with Crippen molar-refractivity contribution in [2.45, 2.75) is 31.5 Å². The van der Waals surface area contributed by atoms with E-state index in [9.17, 15) is 9.18 Å². The van der Waals surface area contributed by atoms with E-state index in [-0.39, 0.29) is 12.9 Å². The van der Waals surface area contributed by atoms with E-state index < -0.39 is 11.5 Å². The lowest BCUT2D eigenvalue weighted by Gasteiger charge is -2.13. The Hall–Kier alpha value is -1.65. The number of rotatable bonds is 7. The molecule has 2 unspecified atom stereocenters. The van der Waals surface area contributed by atoms with Gasteiger partial charge in [0, 0.05) is 0 Å². The maximum Gasteiger partial charge on any atom is 0.189 e. The van der Waals surface area contributed by atoms with Crippen LogP contribution in [0.1, 0.15) is 25.3 Å². The predicted octanol–water partition coefficient (Wildman–Crippen LogP) is 4.42. The molecule has 22 heavy (non-hydrogen) atoms. The lowest BCUT2D eigenvalue weighted by atomic mass is 9.98. The van der Waals surface area contributed by atoms with Crippen LogP contribution >= 0.6 is 11.6 Å². The van der Waals surface area contributed by atoms with Crippen LogP contribution in [-0.4, -0.2) is 24.8 Å². The summed E-state index contributed by atoms with van der Waals surface area (Å²) in [7, 11) is 0. The third-order valence-corrected chi connectivity index (χ3v) is 3.54. The van der Waals surface area contributed by atoms with Crippen LogP contribution in [0.2, 0.25) is 0 Å². The van der Waals surface area contributed by atoms with E-state index in [0.29, 0.717) is 17.6 Å². The number of alkyl halides is 2. The molecule has 5 heteroatoms. The first-order chi connectivity index (χ1) is 10.5. The van der Waals surface area contributed by atoms with E-state index in [4.69, 9.17) is 21.1 Å². The van der Waals surface area contributed by atoms with Crippen molar-refractivity contribution in [2.24, 2.45) is 0 Å². The quantitative estimate of drug-likeness (QED) is 0.430. The Labute approximate surface area is 134 Å². The van der Waals surface area contributed by atoms with Crippen LogP contribution in [-0.2, 0) is 9.53 Å². The normalized spacial score (nSPS) is 14.0. The molecule has 0 aliphatic heterocycles. The van der Waals surface area contributed by atoms with Gasteiger partial charge in [0.1, 0.15) is 12.0 Å². The number of carbonyl (C=O) groups is 1. The molecule has 2 atom stereocenters. The van der Waals surface area contributed by atoms with E-state index in [2.05, 4.69) is 0 Å². The predicted molar refractivity (Wildman–Crippen MR) is 85.2 cm³/mol. The van der Waals surface area contributed by atoms with E-state index in [1.54, 1.807) is 18.2 Å². The van der Waals surface area contributed by atoms with Crippen LogP contribution in [0.5, 0.6) is 5.75 Å². The minimum Gasteiger partial charge on any atom is -0.468 e. The first-order valence-corrected chi connectivity index (χ1v) is 7.46. The highest BCUT2D eigenvalue weighted by Gasteiger charge is 2.20. The molecule has 0 aromatic heterocycles. The van der Waals surface area contributed by atoms with E-state index in [1.165, 1.54) is 0 Å². The summed E-state index contributed by atoms with van der Waals surface area (Å²) < 4.78 is 24.1. The smallest absolute Gasteiger partial charge is 0.189 e. The number of fused-ring (bicyclic) bond motifs is 1. The third kappa shape index (κ3) is 4.18. The molecule has 118 valence electrons. The summed E-state index contributed by atoms with van der Waals surface area (Å²) in [5, 5.41) is 1.82. The fourth-order valence-corrected chi connectivity index (χ4v) is 2.27. The Balaban J connectivity index is 2.19. The molecule has 3 nitrogen and oxygen atoms in total. The minimum absolute atomic E-state index is 0.104. The molecular weight excluding hydrogens is 307 g/mol. The van der Waals surface area contributed by atoms with E-state index in [0.717, 1.165) is 10.8 Å². The lowest BCUT2D eigenvalue weighted by Crippen LogP contribution is -2.09. The summed E-state index contributed by atoms with van der Waals surface area (Å²) >= 11 is 5.41. The molecule has 0 bridgehead atoms. The second kappa shape index (κ2) is 7.56. The first-order valence-electron chi connectivity index (χ1n) is 7.03. The zero-order valence-electron chi connectivity index (χ0n) is 12.5. The van der Waals surface area contributed by atoms with Gasteiger partial charge in [0.15, 0.2) is 12.4 Å². The first kappa shape index (κ1) is 16.7. The van der Waals surface area contributed by atoms with Crippen molar-refractivity contribution in [3.63, 3.8) is 0 Å². The van der Waals surface area contributed by atoms with Crippen molar-refractivity contribution in [1.29, 1.82) is 0 Å². The van der Waals surface area contributed by atoms with Crippen molar-refractivity contribution < 1.29 is 18.7 Å². The minimum atomic E-state index is -1.73. The molecule has 0 aliphatic carbocycles. The highest BCUT2D eigenvalue weighted by Crippen LogP contribution is 2.28. The summed E-state index contributed by atoms with van der Waals surface area (Å²) in [4.78, 5) is 11.0. The van der Waals surface area contributed by atoms with Gasteiger partial charge in [-0.3, -0.25) is 0 Å². The van der Waals surface area contributed by atoms with Crippen LogP contribution in [0.4, 0.5) is 4.39 Å². The average Bonchev–Trinajstić information content (AvgIpc) is 2.47. The molecule has 2 rings (SSSR count). The van der Waals surface area contributed by atoms with Crippen molar-refractivity contribution >= 4 is 28.7 Å². The molecule has 2 aromatic rings. The van der Waals surface area contributed by atoms with Crippen LogP contribution in [0.15, 0.2) is 36.4 Å². The van der Waals surface area contributed by atoms with Gasteiger partial charge in [0.25, 0.3) is 0 Å². The van der Waals surface area contributed by atoms with Gasteiger partial charge in [0.2, 0.25) is 0 Å². The standard InChI is InChI=1S/C17H18ClFO3/c1-11(2)21-10-22-15-6-5-12-7-14(4-3-13(12)8-15)16(9-20)17(18)19/h3-9,11,16-17H,10H2,1-2H3. The molecule has 0 amide bonds. The van der Waals surface area contributed by atoms with Crippen LogP contribution in [0.25, 0.3) is 10.8 Å². The summed E-state index contributed by atoms with van der Waals surface area (Å²) in [6.45, 7) is 4.05. The summed E-state index contributed by atoms with van der Waals surface area (Å²) in [5.41, 5.74) is -1.17. The number of benzene rings is 2. The summed E-state index contributed by atoms with van der Waals surface area (Å²) in [6.07, 6.45) is 0.632. The van der Waals surface area contributed by atoms with Crippen molar-refractivity contribution in [3.8, 4) is 5.75 Å². The van der Waals surface area contributed by atoms with Gasteiger partial charge in [0.05, 0.1) is 12.0 Å². The van der Waals surface area contributed by atoms with Gasteiger partial charge in [-0.15, -0.1) is 0 Å². The summed E-state index contributed by atoms with van der Waals surface area (Å²) in [5.74, 6) is -0.269. The molecule has 0 spiro atoms. The zero-order valence-corrected chi connectivity index (χ0v) is 13.2. The largest absolute Gasteiger partial charge is 0.468 e. The van der Waals surface area contributed by atoms with Gasteiger partial charge in [-0.25, -0.2) is 4.39 Å². The molecular formula is C17H18ClFO3. The Bertz CT molecular complexity index is 643. The van der Waals surface area contributed by atoms with Gasteiger partial charge in [-0.1, -0.05) is 35.9 Å². The van der Waals surface area contributed by atoms with Crippen molar-refractivity contribution in [3.05, 3.63) is 42.0 Å². The van der Waals surface area contributed by atoms with E-state index >= 15 is 0 Å². The van der Waals surface area contributed by atoms with Crippen LogP contribution in [0.3, 0.4) is 0 Å². The number of halogens is 2. The molecule has 0 fully saturated rings. The number of ether oxygens (including phenoxy) is 2. The second-order valence-corrected chi connectivity index (χ2v) is 5.66. The number of hydrogen-bond donors (Lipinski definition) is 0. The van der Waals surface area contributed by atoms with Crippen molar-refractivity contribution in [2.75, 3.05) is 6.79 Å². The zero-order chi connectivity index (χ0) is 16.1. The molecule has 0 saturated heterocycles. The summed E-state index contributed by atoms with van der Waals surface area (Å²) in [6, 6.07) is 10.8.